The Morgan fingerprint density at radius 1 is 1.14 bits per heavy atom. The first-order valence-electron chi connectivity index (χ1n) is 8.57. The van der Waals surface area contributed by atoms with Crippen molar-refractivity contribution < 1.29 is 14.6 Å². The zero-order valence-corrected chi connectivity index (χ0v) is 15.5. The molecule has 6 heteroatoms. The molecule has 3 aromatic rings. The molecule has 0 aliphatic heterocycles. The Kier molecular flexibility index (Phi) is 5.28. The molecule has 3 rings (SSSR count). The van der Waals surface area contributed by atoms with Crippen molar-refractivity contribution in [2.75, 3.05) is 7.11 Å². The number of ether oxygens (including phenoxy) is 1. The number of methoxy groups -OCH3 is 1. The van der Waals surface area contributed by atoms with E-state index in [1.54, 1.807) is 61.7 Å². The van der Waals surface area contributed by atoms with E-state index in [1.807, 2.05) is 6.07 Å². The Bertz CT molecular complexity index is 1120. The van der Waals surface area contributed by atoms with Crippen LogP contribution in [0, 0.1) is 18.3 Å². The van der Waals surface area contributed by atoms with Crippen LogP contribution in [0.3, 0.4) is 0 Å². The Morgan fingerprint density at radius 2 is 1.79 bits per heavy atom. The second kappa shape index (κ2) is 7.80. The summed E-state index contributed by atoms with van der Waals surface area (Å²) in [7, 11) is 1.55. The van der Waals surface area contributed by atoms with E-state index in [2.05, 4.69) is 0 Å². The van der Waals surface area contributed by atoms with Crippen LogP contribution in [0.4, 0.5) is 0 Å². The van der Waals surface area contributed by atoms with Crippen molar-refractivity contribution in [1.29, 1.82) is 5.26 Å². The molecule has 0 aliphatic rings. The summed E-state index contributed by atoms with van der Waals surface area (Å²) < 4.78 is 6.16. The SMILES string of the molecule is COc1ccc(Cn2c(O)c(C(=O)c3ccccc3)c(C)c(C#N)c2=O)cc1. The second-order valence-electron chi connectivity index (χ2n) is 6.24. The van der Waals surface area contributed by atoms with Crippen LogP contribution in [-0.4, -0.2) is 22.6 Å². The van der Waals surface area contributed by atoms with Crippen LogP contribution >= 0.6 is 0 Å². The van der Waals surface area contributed by atoms with Gasteiger partial charge in [-0.15, -0.1) is 0 Å². The van der Waals surface area contributed by atoms with Gasteiger partial charge in [-0.25, -0.2) is 0 Å². The predicted molar refractivity (Wildman–Crippen MR) is 104 cm³/mol. The number of ketones is 1. The second-order valence-corrected chi connectivity index (χ2v) is 6.24. The molecule has 0 bridgehead atoms. The van der Waals surface area contributed by atoms with Crippen LogP contribution in [0.1, 0.15) is 32.6 Å². The van der Waals surface area contributed by atoms with E-state index in [-0.39, 0.29) is 23.2 Å². The normalized spacial score (nSPS) is 10.3. The van der Waals surface area contributed by atoms with E-state index >= 15 is 0 Å². The molecule has 0 atom stereocenters. The van der Waals surface area contributed by atoms with Gasteiger partial charge in [0.15, 0.2) is 5.78 Å². The van der Waals surface area contributed by atoms with Gasteiger partial charge >= 0.3 is 0 Å². The highest BCUT2D eigenvalue weighted by molar-refractivity contribution is 6.11. The zero-order chi connectivity index (χ0) is 20.3. The lowest BCUT2D eigenvalue weighted by Gasteiger charge is -2.16. The summed E-state index contributed by atoms with van der Waals surface area (Å²) in [6.45, 7) is 1.51. The van der Waals surface area contributed by atoms with Crippen molar-refractivity contribution in [2.45, 2.75) is 13.5 Å². The van der Waals surface area contributed by atoms with Crippen LogP contribution in [-0.2, 0) is 6.54 Å². The average molecular weight is 374 g/mol. The van der Waals surface area contributed by atoms with Gasteiger partial charge in [-0.3, -0.25) is 14.2 Å². The fourth-order valence-corrected chi connectivity index (χ4v) is 3.02. The molecule has 1 aromatic heterocycles. The van der Waals surface area contributed by atoms with Crippen molar-refractivity contribution in [2.24, 2.45) is 0 Å². The number of hydrogen-bond acceptors (Lipinski definition) is 5. The number of rotatable bonds is 5. The van der Waals surface area contributed by atoms with E-state index in [4.69, 9.17) is 4.74 Å². The number of carbonyl (C=O) groups is 1. The van der Waals surface area contributed by atoms with Gasteiger partial charge in [0.2, 0.25) is 5.88 Å². The number of aromatic nitrogens is 1. The van der Waals surface area contributed by atoms with Crippen molar-refractivity contribution in [3.05, 3.63) is 92.8 Å². The maximum absolute atomic E-state index is 13.0. The summed E-state index contributed by atoms with van der Waals surface area (Å²) in [6.07, 6.45) is 0. The minimum atomic E-state index is -0.641. The summed E-state index contributed by atoms with van der Waals surface area (Å²) in [6, 6.07) is 17.2. The Morgan fingerprint density at radius 3 is 2.36 bits per heavy atom. The molecule has 0 aliphatic carbocycles. The molecule has 0 unspecified atom stereocenters. The summed E-state index contributed by atoms with van der Waals surface area (Å²) >= 11 is 0. The van der Waals surface area contributed by atoms with Gasteiger partial charge in [-0.05, 0) is 30.2 Å². The molecule has 28 heavy (non-hydrogen) atoms. The van der Waals surface area contributed by atoms with E-state index in [1.165, 1.54) is 6.92 Å². The maximum Gasteiger partial charge on any atom is 0.271 e. The molecule has 0 radical (unpaired) electrons. The highest BCUT2D eigenvalue weighted by Crippen LogP contribution is 2.25. The molecular weight excluding hydrogens is 356 g/mol. The maximum atomic E-state index is 13.0. The van der Waals surface area contributed by atoms with Crippen molar-refractivity contribution in [1.82, 2.24) is 4.57 Å². The van der Waals surface area contributed by atoms with E-state index < -0.39 is 17.2 Å². The van der Waals surface area contributed by atoms with Gasteiger partial charge < -0.3 is 9.84 Å². The summed E-state index contributed by atoms with van der Waals surface area (Å²) in [5.41, 5.74) is 0.396. The van der Waals surface area contributed by atoms with Gasteiger partial charge in [0.05, 0.1) is 19.2 Å². The number of carbonyl (C=O) groups excluding carboxylic acids is 1. The summed E-state index contributed by atoms with van der Waals surface area (Å²) in [4.78, 5) is 25.7. The van der Waals surface area contributed by atoms with Crippen LogP contribution in [0.5, 0.6) is 11.6 Å². The molecular formula is C22H18N2O4. The minimum Gasteiger partial charge on any atom is -0.497 e. The molecule has 0 spiro atoms. The quantitative estimate of drug-likeness (QED) is 0.693. The Hall–Kier alpha value is -3.85. The van der Waals surface area contributed by atoms with Crippen LogP contribution in [0.2, 0.25) is 0 Å². The molecule has 0 fully saturated rings. The molecule has 2 aromatic carbocycles. The van der Waals surface area contributed by atoms with Crippen molar-refractivity contribution in [3.8, 4) is 17.7 Å². The van der Waals surface area contributed by atoms with E-state index in [9.17, 15) is 20.0 Å². The fourth-order valence-electron chi connectivity index (χ4n) is 3.02. The first-order valence-corrected chi connectivity index (χ1v) is 8.57. The number of nitriles is 1. The summed E-state index contributed by atoms with van der Waals surface area (Å²) in [5.74, 6) is -0.247. The highest BCUT2D eigenvalue weighted by Gasteiger charge is 2.24. The molecule has 140 valence electrons. The van der Waals surface area contributed by atoms with Gasteiger partial charge in [0.1, 0.15) is 17.4 Å². The number of aromatic hydroxyl groups is 1. The number of hydrogen-bond donors (Lipinski definition) is 1. The van der Waals surface area contributed by atoms with Gasteiger partial charge in [0, 0.05) is 5.56 Å². The highest BCUT2D eigenvalue weighted by atomic mass is 16.5. The third-order valence-electron chi connectivity index (χ3n) is 4.56. The smallest absolute Gasteiger partial charge is 0.271 e. The van der Waals surface area contributed by atoms with Crippen molar-refractivity contribution >= 4 is 5.78 Å². The molecule has 6 nitrogen and oxygen atoms in total. The molecule has 0 saturated heterocycles. The first kappa shape index (κ1) is 18.9. The zero-order valence-electron chi connectivity index (χ0n) is 15.5. The van der Waals surface area contributed by atoms with E-state index in [0.29, 0.717) is 16.9 Å². The lowest BCUT2D eigenvalue weighted by atomic mass is 9.97. The van der Waals surface area contributed by atoms with Gasteiger partial charge in [0.25, 0.3) is 5.56 Å². The Balaban J connectivity index is 2.16. The number of pyridine rings is 1. The van der Waals surface area contributed by atoms with Crippen LogP contribution < -0.4 is 10.3 Å². The van der Waals surface area contributed by atoms with Crippen LogP contribution in [0.25, 0.3) is 0 Å². The lowest BCUT2D eigenvalue weighted by molar-refractivity contribution is 0.103. The molecule has 0 saturated carbocycles. The third kappa shape index (κ3) is 3.38. The molecule has 1 N–H and O–H groups in total. The first-order chi connectivity index (χ1) is 13.5. The lowest BCUT2D eigenvalue weighted by Crippen LogP contribution is -2.27. The average Bonchev–Trinajstić information content (AvgIpc) is 2.72. The number of nitrogens with zero attached hydrogens (tertiary/aromatic N) is 2. The standard InChI is InChI=1S/C22H18N2O4/c1-14-18(12-23)21(26)24(13-15-8-10-17(28-2)11-9-15)22(27)19(14)20(25)16-6-4-3-5-7-16/h3-11,27H,13H2,1-2H3. The molecule has 0 amide bonds. The minimum absolute atomic E-state index is 0.0126. The molecule has 1 heterocycles. The fraction of sp³-hybridized carbons (Fsp3) is 0.136. The number of benzene rings is 2. The summed E-state index contributed by atoms with van der Waals surface area (Å²) in [5, 5.41) is 20.2. The van der Waals surface area contributed by atoms with Crippen molar-refractivity contribution in [3.63, 3.8) is 0 Å². The monoisotopic (exact) mass is 374 g/mol. The van der Waals surface area contributed by atoms with Gasteiger partial charge in [-0.1, -0.05) is 42.5 Å². The van der Waals surface area contributed by atoms with Crippen LogP contribution in [0.15, 0.2) is 59.4 Å². The largest absolute Gasteiger partial charge is 0.497 e. The van der Waals surface area contributed by atoms with E-state index in [0.717, 1.165) is 4.57 Å². The Labute approximate surface area is 161 Å². The topological polar surface area (TPSA) is 92.3 Å². The van der Waals surface area contributed by atoms with Gasteiger partial charge in [-0.2, -0.15) is 5.26 Å². The third-order valence-corrected chi connectivity index (χ3v) is 4.56. The predicted octanol–water partition coefficient (Wildman–Crippen LogP) is 3.02.